The molecule has 0 bridgehead atoms. The van der Waals surface area contributed by atoms with Crippen molar-refractivity contribution in [3.8, 4) is 11.5 Å². The molecule has 1 aromatic heterocycles. The Balaban J connectivity index is 1.56. The molecule has 6 heteroatoms. The lowest BCUT2D eigenvalue weighted by Gasteiger charge is -2.30. The van der Waals surface area contributed by atoms with E-state index in [2.05, 4.69) is 4.98 Å². The Hall–Kier alpha value is -3.67. The minimum atomic E-state index is -0.481. The lowest BCUT2D eigenvalue weighted by molar-refractivity contribution is 0.0910. The van der Waals surface area contributed by atoms with Crippen molar-refractivity contribution >= 4 is 17.4 Å². The van der Waals surface area contributed by atoms with E-state index >= 15 is 0 Å². The van der Waals surface area contributed by atoms with Crippen LogP contribution in [-0.4, -0.2) is 23.7 Å². The van der Waals surface area contributed by atoms with Crippen LogP contribution in [0.5, 0.6) is 11.5 Å². The third-order valence-electron chi connectivity index (χ3n) is 5.46. The highest BCUT2D eigenvalue weighted by Crippen LogP contribution is 2.33. The molecular formula is C25H24N2O4. The topological polar surface area (TPSA) is 79.5 Å². The maximum Gasteiger partial charge on any atom is 0.263 e. The summed E-state index contributed by atoms with van der Waals surface area (Å²) >= 11 is 0. The van der Waals surface area contributed by atoms with Gasteiger partial charge in [-0.25, -0.2) is 0 Å². The van der Waals surface area contributed by atoms with Gasteiger partial charge in [0.2, 0.25) is 0 Å². The molecule has 158 valence electrons. The van der Waals surface area contributed by atoms with Gasteiger partial charge in [-0.05, 0) is 54.3 Å². The molecule has 0 saturated carbocycles. The number of carbonyl (C=O) groups excluding carboxylic acids is 2. The average Bonchev–Trinajstić information content (AvgIpc) is 2.73. The Morgan fingerprint density at radius 3 is 2.29 bits per heavy atom. The zero-order valence-corrected chi connectivity index (χ0v) is 17.8. The van der Waals surface area contributed by atoms with Crippen LogP contribution < -0.4 is 15.2 Å². The monoisotopic (exact) mass is 416 g/mol. The first-order valence-electron chi connectivity index (χ1n) is 10.1. The fraction of sp³-hybridized carbons (Fsp3) is 0.240. The van der Waals surface area contributed by atoms with Crippen molar-refractivity contribution in [3.63, 3.8) is 0 Å². The van der Waals surface area contributed by atoms with Crippen molar-refractivity contribution in [3.05, 3.63) is 87.8 Å². The molecule has 0 spiro atoms. The third-order valence-corrected chi connectivity index (χ3v) is 5.46. The average molecular weight is 416 g/mol. The minimum absolute atomic E-state index is 0.0427. The molecule has 31 heavy (non-hydrogen) atoms. The number of rotatable bonds is 4. The Morgan fingerprint density at radius 2 is 1.61 bits per heavy atom. The lowest BCUT2D eigenvalue weighted by atomic mass is 9.75. The molecule has 1 aliphatic carbocycles. The number of aromatic nitrogens is 1. The number of hydrogen-bond donors (Lipinski definition) is 1. The number of aromatic amines is 1. The number of ether oxygens (including phenoxy) is 1. The highest BCUT2D eigenvalue weighted by Gasteiger charge is 2.33. The first kappa shape index (κ1) is 20.6. The van der Waals surface area contributed by atoms with Crippen LogP contribution in [0.3, 0.4) is 0 Å². The van der Waals surface area contributed by atoms with Gasteiger partial charge in [-0.2, -0.15) is 0 Å². The number of anilines is 1. The van der Waals surface area contributed by atoms with Crippen molar-refractivity contribution in [2.24, 2.45) is 5.41 Å². The van der Waals surface area contributed by atoms with Gasteiger partial charge < -0.3 is 14.6 Å². The fourth-order valence-electron chi connectivity index (χ4n) is 3.85. The summed E-state index contributed by atoms with van der Waals surface area (Å²) in [5, 5.41) is 0. The van der Waals surface area contributed by atoms with E-state index in [-0.39, 0.29) is 16.8 Å². The number of pyridine rings is 1. The zero-order chi connectivity index (χ0) is 22.2. The van der Waals surface area contributed by atoms with E-state index in [1.165, 1.54) is 11.0 Å². The quantitative estimate of drug-likeness (QED) is 0.674. The van der Waals surface area contributed by atoms with Gasteiger partial charge in [0.25, 0.3) is 11.5 Å². The summed E-state index contributed by atoms with van der Waals surface area (Å²) in [6.45, 7) is 3.98. The van der Waals surface area contributed by atoms with Gasteiger partial charge in [0, 0.05) is 30.4 Å². The van der Waals surface area contributed by atoms with E-state index in [4.69, 9.17) is 4.74 Å². The van der Waals surface area contributed by atoms with Crippen molar-refractivity contribution < 1.29 is 14.3 Å². The molecule has 0 saturated heterocycles. The van der Waals surface area contributed by atoms with E-state index in [0.29, 0.717) is 41.3 Å². The molecule has 2 aromatic carbocycles. The maximum atomic E-state index is 13.0. The maximum absolute atomic E-state index is 13.0. The number of nitrogens with zero attached hydrogens (tertiary/aromatic N) is 1. The summed E-state index contributed by atoms with van der Waals surface area (Å²) in [5.74, 6) is 0.823. The Bertz CT molecular complexity index is 1190. The number of ketones is 1. The predicted octanol–water partition coefficient (Wildman–Crippen LogP) is 4.60. The van der Waals surface area contributed by atoms with Crippen LogP contribution >= 0.6 is 0 Å². The second-order valence-electron chi connectivity index (χ2n) is 8.62. The van der Waals surface area contributed by atoms with Crippen LogP contribution in [0.4, 0.5) is 5.69 Å². The number of nitrogens with one attached hydrogen (secondary N) is 1. The van der Waals surface area contributed by atoms with Crippen LogP contribution in [0.15, 0.2) is 65.5 Å². The van der Waals surface area contributed by atoms with Crippen LogP contribution in [0, 0.1) is 5.41 Å². The van der Waals surface area contributed by atoms with Crippen LogP contribution in [0.2, 0.25) is 0 Å². The summed E-state index contributed by atoms with van der Waals surface area (Å²) in [6, 6.07) is 17.8. The standard InChI is InChI=1S/C25H24N2O4/c1-25(2)14-21-19(22(28)15-25)13-20(23(29)26-21)24(30)27(3)16-9-11-18(12-10-16)31-17-7-5-4-6-8-17/h4-13H,14-15H2,1-3H3,(H,26,29). The van der Waals surface area contributed by atoms with Gasteiger partial charge in [0.05, 0.1) is 0 Å². The Kier molecular flexibility index (Phi) is 5.23. The number of amides is 1. The first-order valence-corrected chi connectivity index (χ1v) is 10.1. The van der Waals surface area contributed by atoms with Gasteiger partial charge in [-0.3, -0.25) is 14.4 Å². The van der Waals surface area contributed by atoms with Crippen LogP contribution in [0.1, 0.15) is 46.7 Å². The molecule has 1 N–H and O–H groups in total. The molecule has 3 aromatic rings. The van der Waals surface area contributed by atoms with Gasteiger partial charge in [0.1, 0.15) is 17.1 Å². The van der Waals surface area contributed by atoms with E-state index in [1.807, 2.05) is 44.2 Å². The van der Waals surface area contributed by atoms with Gasteiger partial charge >= 0.3 is 0 Å². The van der Waals surface area contributed by atoms with E-state index < -0.39 is 11.5 Å². The molecule has 0 aliphatic heterocycles. The molecule has 4 rings (SSSR count). The number of hydrogen-bond acceptors (Lipinski definition) is 4. The lowest BCUT2D eigenvalue weighted by Crippen LogP contribution is -2.35. The highest BCUT2D eigenvalue weighted by atomic mass is 16.5. The summed E-state index contributed by atoms with van der Waals surface area (Å²) in [5.41, 5.74) is 0.910. The SMILES string of the molecule is CN(C(=O)c1cc2c([nH]c1=O)CC(C)(C)CC2=O)c1ccc(Oc2ccccc2)cc1. The molecule has 0 unspecified atom stereocenters. The molecule has 0 radical (unpaired) electrons. The Morgan fingerprint density at radius 1 is 0.968 bits per heavy atom. The summed E-state index contributed by atoms with van der Waals surface area (Å²) in [7, 11) is 1.60. The van der Waals surface area contributed by atoms with Crippen molar-refractivity contribution in [2.45, 2.75) is 26.7 Å². The summed E-state index contributed by atoms with van der Waals surface area (Å²) < 4.78 is 5.77. The second-order valence-corrected chi connectivity index (χ2v) is 8.62. The number of H-pyrrole nitrogens is 1. The molecule has 1 heterocycles. The number of fused-ring (bicyclic) bond motifs is 1. The second kappa shape index (κ2) is 7.87. The molecular weight excluding hydrogens is 392 g/mol. The van der Waals surface area contributed by atoms with E-state index in [0.717, 1.165) is 0 Å². The van der Waals surface area contributed by atoms with Gasteiger partial charge in [-0.1, -0.05) is 32.0 Å². The largest absolute Gasteiger partial charge is 0.457 e. The Labute approximate surface area is 180 Å². The zero-order valence-electron chi connectivity index (χ0n) is 17.8. The van der Waals surface area contributed by atoms with Crippen LogP contribution in [-0.2, 0) is 6.42 Å². The van der Waals surface area contributed by atoms with Crippen molar-refractivity contribution in [1.82, 2.24) is 4.98 Å². The molecule has 1 amide bonds. The number of Topliss-reactive ketones (excluding diaryl/α,β-unsaturated/α-hetero) is 1. The summed E-state index contributed by atoms with van der Waals surface area (Å²) in [6.07, 6.45) is 0.981. The number of carbonyl (C=O) groups is 2. The molecule has 0 fully saturated rings. The minimum Gasteiger partial charge on any atom is -0.457 e. The molecule has 0 atom stereocenters. The van der Waals surface area contributed by atoms with Crippen molar-refractivity contribution in [1.29, 1.82) is 0 Å². The van der Waals surface area contributed by atoms with Gasteiger partial charge in [0.15, 0.2) is 5.78 Å². The first-order chi connectivity index (χ1) is 14.7. The normalized spacial score (nSPS) is 14.6. The molecule has 1 aliphatic rings. The third kappa shape index (κ3) is 4.28. The predicted molar refractivity (Wildman–Crippen MR) is 119 cm³/mol. The fourth-order valence-corrected chi connectivity index (χ4v) is 3.85. The summed E-state index contributed by atoms with van der Waals surface area (Å²) in [4.78, 5) is 42.3. The molecule has 6 nitrogen and oxygen atoms in total. The number of benzene rings is 2. The highest BCUT2D eigenvalue weighted by molar-refractivity contribution is 6.07. The van der Waals surface area contributed by atoms with Gasteiger partial charge in [-0.15, -0.1) is 0 Å². The smallest absolute Gasteiger partial charge is 0.263 e. The van der Waals surface area contributed by atoms with E-state index in [9.17, 15) is 14.4 Å². The van der Waals surface area contributed by atoms with Crippen molar-refractivity contribution in [2.75, 3.05) is 11.9 Å². The number of para-hydroxylation sites is 1. The van der Waals surface area contributed by atoms with Crippen LogP contribution in [0.25, 0.3) is 0 Å². The van der Waals surface area contributed by atoms with E-state index in [1.54, 1.807) is 31.3 Å².